The molecule has 0 N–H and O–H groups in total. The van der Waals surface area contributed by atoms with Crippen LogP contribution in [0.4, 0.5) is 0 Å². The first-order valence-corrected chi connectivity index (χ1v) is 6.70. The Morgan fingerprint density at radius 2 is 2.24 bits per heavy atom. The Balaban J connectivity index is 2.04. The van der Waals surface area contributed by atoms with Crippen LogP contribution in [0.15, 0.2) is 24.0 Å². The van der Waals surface area contributed by atoms with Crippen LogP contribution in [0.2, 0.25) is 0 Å². The Morgan fingerprint density at radius 1 is 1.41 bits per heavy atom. The van der Waals surface area contributed by atoms with Crippen molar-refractivity contribution in [3.63, 3.8) is 0 Å². The number of nitrogens with zero attached hydrogens (tertiary/aromatic N) is 4. The van der Waals surface area contributed by atoms with E-state index in [4.69, 9.17) is 0 Å². The zero-order valence-electron chi connectivity index (χ0n) is 10.5. The third kappa shape index (κ3) is 2.73. The summed E-state index contributed by atoms with van der Waals surface area (Å²) >= 11 is 1.70. The number of rotatable bonds is 5. The molecular formula is C12H18N4S. The molecule has 0 aliphatic rings. The first-order valence-electron chi connectivity index (χ1n) is 5.82. The van der Waals surface area contributed by atoms with Gasteiger partial charge in [-0.05, 0) is 20.9 Å². The highest BCUT2D eigenvalue weighted by molar-refractivity contribution is 7.09. The van der Waals surface area contributed by atoms with Gasteiger partial charge in [-0.1, -0.05) is 0 Å². The van der Waals surface area contributed by atoms with E-state index >= 15 is 0 Å². The first kappa shape index (κ1) is 12.3. The Labute approximate surface area is 106 Å². The average Bonchev–Trinajstić information content (AvgIpc) is 2.98. The van der Waals surface area contributed by atoms with Crippen molar-refractivity contribution < 1.29 is 0 Å². The van der Waals surface area contributed by atoms with E-state index in [9.17, 15) is 0 Å². The van der Waals surface area contributed by atoms with E-state index in [1.165, 1.54) is 0 Å². The van der Waals surface area contributed by atoms with Crippen LogP contribution < -0.4 is 0 Å². The molecule has 0 fully saturated rings. The van der Waals surface area contributed by atoms with Gasteiger partial charge in [-0.25, -0.2) is 9.97 Å². The van der Waals surface area contributed by atoms with Crippen LogP contribution in [-0.4, -0.2) is 26.5 Å². The predicted octanol–water partition coefficient (Wildman–Crippen LogP) is 2.55. The zero-order chi connectivity index (χ0) is 12.3. The molecule has 92 valence electrons. The summed E-state index contributed by atoms with van der Waals surface area (Å²) in [5.74, 6) is 1.11. The molecule has 2 aromatic heterocycles. The van der Waals surface area contributed by atoms with E-state index in [0.29, 0.717) is 6.04 Å². The quantitative estimate of drug-likeness (QED) is 0.818. The van der Waals surface area contributed by atoms with Crippen molar-refractivity contribution in [1.82, 2.24) is 19.4 Å². The minimum absolute atomic E-state index is 0.331. The molecule has 2 heterocycles. The zero-order valence-corrected chi connectivity index (χ0v) is 11.3. The Hall–Kier alpha value is -1.20. The van der Waals surface area contributed by atoms with E-state index in [1.807, 2.05) is 24.0 Å². The highest BCUT2D eigenvalue weighted by Crippen LogP contribution is 2.21. The maximum Gasteiger partial charge on any atom is 0.122 e. The molecule has 1 unspecified atom stereocenters. The SMILES string of the molecule is CCn1ccnc1CN(C)C(C)c1nccs1. The number of hydrogen-bond acceptors (Lipinski definition) is 4. The van der Waals surface area contributed by atoms with Gasteiger partial charge in [0.2, 0.25) is 0 Å². The third-order valence-electron chi connectivity index (χ3n) is 3.00. The highest BCUT2D eigenvalue weighted by atomic mass is 32.1. The van der Waals surface area contributed by atoms with Gasteiger partial charge in [0, 0.05) is 30.5 Å². The van der Waals surface area contributed by atoms with Crippen molar-refractivity contribution in [1.29, 1.82) is 0 Å². The summed E-state index contributed by atoms with van der Waals surface area (Å²) in [5, 5.41) is 3.18. The van der Waals surface area contributed by atoms with Crippen LogP contribution in [0.3, 0.4) is 0 Å². The van der Waals surface area contributed by atoms with Gasteiger partial charge in [0.25, 0.3) is 0 Å². The fourth-order valence-electron chi connectivity index (χ4n) is 1.77. The fraction of sp³-hybridized carbons (Fsp3) is 0.500. The van der Waals surface area contributed by atoms with Crippen molar-refractivity contribution in [2.45, 2.75) is 33.0 Å². The number of aryl methyl sites for hydroxylation is 1. The summed E-state index contributed by atoms with van der Waals surface area (Å²) < 4.78 is 2.17. The molecule has 0 aliphatic heterocycles. The first-order chi connectivity index (χ1) is 8.22. The van der Waals surface area contributed by atoms with Gasteiger partial charge in [-0.3, -0.25) is 4.90 Å². The number of aromatic nitrogens is 3. The lowest BCUT2D eigenvalue weighted by atomic mass is 10.3. The molecule has 17 heavy (non-hydrogen) atoms. The van der Waals surface area contributed by atoms with Crippen molar-refractivity contribution in [3.05, 3.63) is 34.8 Å². The van der Waals surface area contributed by atoms with Gasteiger partial charge in [0.1, 0.15) is 10.8 Å². The molecule has 2 aromatic rings. The molecule has 0 aromatic carbocycles. The van der Waals surface area contributed by atoms with Crippen LogP contribution in [0.25, 0.3) is 0 Å². The van der Waals surface area contributed by atoms with Gasteiger partial charge in [0.05, 0.1) is 12.6 Å². The molecule has 0 spiro atoms. The Bertz CT molecular complexity index is 449. The topological polar surface area (TPSA) is 34.0 Å². The lowest BCUT2D eigenvalue weighted by molar-refractivity contribution is 0.243. The normalized spacial score (nSPS) is 13.2. The molecule has 0 aliphatic carbocycles. The fourth-order valence-corrected chi connectivity index (χ4v) is 2.53. The van der Waals surface area contributed by atoms with Crippen LogP contribution in [0, 0.1) is 0 Å². The second-order valence-corrected chi connectivity index (χ2v) is 5.02. The summed E-state index contributed by atoms with van der Waals surface area (Å²) in [7, 11) is 2.11. The number of thiazole rings is 1. The predicted molar refractivity (Wildman–Crippen MR) is 69.9 cm³/mol. The van der Waals surface area contributed by atoms with Gasteiger partial charge in [0.15, 0.2) is 0 Å². The van der Waals surface area contributed by atoms with Crippen molar-refractivity contribution in [2.75, 3.05) is 7.05 Å². The number of hydrogen-bond donors (Lipinski definition) is 0. The smallest absolute Gasteiger partial charge is 0.122 e. The van der Waals surface area contributed by atoms with Crippen LogP contribution in [0.1, 0.15) is 30.7 Å². The lowest BCUT2D eigenvalue weighted by Gasteiger charge is -2.22. The van der Waals surface area contributed by atoms with Crippen molar-refractivity contribution in [3.8, 4) is 0 Å². The van der Waals surface area contributed by atoms with Crippen molar-refractivity contribution in [2.24, 2.45) is 0 Å². The molecule has 5 heteroatoms. The summed E-state index contributed by atoms with van der Waals surface area (Å²) in [6, 6.07) is 0.331. The second-order valence-electron chi connectivity index (χ2n) is 4.09. The van der Waals surface area contributed by atoms with Crippen LogP contribution in [0.5, 0.6) is 0 Å². The van der Waals surface area contributed by atoms with E-state index in [-0.39, 0.29) is 0 Å². The number of imidazole rings is 1. The van der Waals surface area contributed by atoms with E-state index in [1.54, 1.807) is 11.3 Å². The van der Waals surface area contributed by atoms with Crippen molar-refractivity contribution >= 4 is 11.3 Å². The Morgan fingerprint density at radius 3 is 2.88 bits per heavy atom. The summed E-state index contributed by atoms with van der Waals surface area (Å²) in [5.41, 5.74) is 0. The maximum absolute atomic E-state index is 4.40. The standard InChI is InChI=1S/C12H18N4S/c1-4-16-7-5-13-11(16)9-15(3)10(2)12-14-6-8-17-12/h5-8,10H,4,9H2,1-3H3. The molecule has 0 amide bonds. The summed E-state index contributed by atoms with van der Waals surface area (Å²) in [6.45, 7) is 6.13. The van der Waals surface area contributed by atoms with E-state index in [2.05, 4.69) is 40.3 Å². The van der Waals surface area contributed by atoms with Crippen LogP contribution in [-0.2, 0) is 13.1 Å². The monoisotopic (exact) mass is 250 g/mol. The maximum atomic E-state index is 4.40. The second kappa shape index (κ2) is 5.42. The minimum atomic E-state index is 0.331. The summed E-state index contributed by atoms with van der Waals surface area (Å²) in [4.78, 5) is 11.0. The molecule has 0 saturated carbocycles. The highest BCUT2D eigenvalue weighted by Gasteiger charge is 2.15. The minimum Gasteiger partial charge on any atom is -0.334 e. The van der Waals surface area contributed by atoms with E-state index in [0.717, 1.165) is 23.9 Å². The molecule has 0 radical (unpaired) electrons. The van der Waals surface area contributed by atoms with Gasteiger partial charge in [-0.15, -0.1) is 11.3 Å². The molecule has 0 saturated heterocycles. The largest absolute Gasteiger partial charge is 0.334 e. The van der Waals surface area contributed by atoms with Gasteiger partial charge < -0.3 is 4.57 Å². The summed E-state index contributed by atoms with van der Waals surface area (Å²) in [6.07, 6.45) is 5.75. The van der Waals surface area contributed by atoms with Gasteiger partial charge >= 0.3 is 0 Å². The molecule has 1 atom stereocenters. The Kier molecular flexibility index (Phi) is 3.91. The average molecular weight is 250 g/mol. The van der Waals surface area contributed by atoms with Gasteiger partial charge in [-0.2, -0.15) is 0 Å². The third-order valence-corrected chi connectivity index (χ3v) is 3.95. The molecule has 0 bridgehead atoms. The van der Waals surface area contributed by atoms with E-state index < -0.39 is 0 Å². The lowest BCUT2D eigenvalue weighted by Crippen LogP contribution is -2.23. The molecule has 2 rings (SSSR count). The van der Waals surface area contributed by atoms with Crippen LogP contribution >= 0.6 is 11.3 Å². The molecule has 4 nitrogen and oxygen atoms in total. The molecular weight excluding hydrogens is 232 g/mol.